The van der Waals surface area contributed by atoms with Crippen LogP contribution in [0.4, 0.5) is 4.39 Å². The van der Waals surface area contributed by atoms with Crippen LogP contribution in [-0.2, 0) is 0 Å². The first-order chi connectivity index (χ1) is 9.17. The molecule has 0 fully saturated rings. The lowest BCUT2D eigenvalue weighted by atomic mass is 9.98. The summed E-state index contributed by atoms with van der Waals surface area (Å²) in [5.41, 5.74) is 1.79. The monoisotopic (exact) mass is 279 g/mol. The van der Waals surface area contributed by atoms with E-state index in [0.717, 1.165) is 12.1 Å². The van der Waals surface area contributed by atoms with Gasteiger partial charge in [0.2, 0.25) is 0 Å². The second kappa shape index (κ2) is 6.17. The zero-order chi connectivity index (χ0) is 13.8. The van der Waals surface area contributed by atoms with Gasteiger partial charge >= 0.3 is 0 Å². The van der Waals surface area contributed by atoms with Gasteiger partial charge in [0.25, 0.3) is 0 Å². The molecule has 0 aliphatic heterocycles. The lowest BCUT2D eigenvalue weighted by Crippen LogP contribution is -2.23. The molecule has 4 heteroatoms. The minimum absolute atomic E-state index is 0.109. The van der Waals surface area contributed by atoms with Crippen molar-refractivity contribution in [3.05, 3.63) is 51.5 Å². The minimum Gasteiger partial charge on any atom is -0.497 e. The lowest BCUT2D eigenvalue weighted by molar-refractivity contribution is 0.410. The van der Waals surface area contributed by atoms with E-state index in [2.05, 4.69) is 18.3 Å². The first-order valence-electron chi connectivity index (χ1n) is 6.28. The summed E-state index contributed by atoms with van der Waals surface area (Å²) >= 11 is 1.68. The molecule has 1 aromatic carbocycles. The molecule has 0 amide bonds. The average molecular weight is 279 g/mol. The van der Waals surface area contributed by atoms with Gasteiger partial charge in [0.15, 0.2) is 0 Å². The van der Waals surface area contributed by atoms with Crippen LogP contribution in [0.5, 0.6) is 5.75 Å². The Morgan fingerprint density at radius 1 is 1.32 bits per heavy atom. The highest BCUT2D eigenvalue weighted by Crippen LogP contribution is 2.31. The van der Waals surface area contributed by atoms with Crippen LogP contribution in [0.15, 0.2) is 29.6 Å². The molecule has 1 heterocycles. The minimum atomic E-state index is -0.240. The van der Waals surface area contributed by atoms with Crippen molar-refractivity contribution in [2.24, 2.45) is 0 Å². The van der Waals surface area contributed by atoms with Gasteiger partial charge in [-0.15, -0.1) is 11.3 Å². The molecule has 0 bridgehead atoms. The first-order valence-corrected chi connectivity index (χ1v) is 7.16. The van der Waals surface area contributed by atoms with Gasteiger partial charge in [-0.2, -0.15) is 0 Å². The lowest BCUT2D eigenvalue weighted by Gasteiger charge is -2.19. The quantitative estimate of drug-likeness (QED) is 0.896. The van der Waals surface area contributed by atoms with Gasteiger partial charge in [0, 0.05) is 16.5 Å². The smallest absolute Gasteiger partial charge is 0.132 e. The Hall–Kier alpha value is -1.39. The van der Waals surface area contributed by atoms with E-state index in [0.29, 0.717) is 11.3 Å². The summed E-state index contributed by atoms with van der Waals surface area (Å²) in [4.78, 5) is 1.21. The molecule has 1 atom stereocenters. The third-order valence-electron chi connectivity index (χ3n) is 3.14. The Labute approximate surface area is 117 Å². The number of thiophene rings is 1. The summed E-state index contributed by atoms with van der Waals surface area (Å²) < 4.78 is 19.3. The molecule has 0 spiro atoms. The number of nitrogens with one attached hydrogen (secondary N) is 1. The number of ether oxygens (including phenoxy) is 1. The summed E-state index contributed by atoms with van der Waals surface area (Å²) in [6.07, 6.45) is 0. The molecular weight excluding hydrogens is 261 g/mol. The second-order valence-electron chi connectivity index (χ2n) is 4.31. The van der Waals surface area contributed by atoms with Crippen LogP contribution < -0.4 is 10.1 Å². The highest BCUT2D eigenvalue weighted by Gasteiger charge is 2.19. The maximum absolute atomic E-state index is 14.2. The summed E-state index contributed by atoms with van der Waals surface area (Å²) in [6, 6.07) is 6.96. The fourth-order valence-corrected chi connectivity index (χ4v) is 2.90. The van der Waals surface area contributed by atoms with Gasteiger partial charge < -0.3 is 10.1 Å². The molecular formula is C15H18FNOS. The number of hydrogen-bond donors (Lipinski definition) is 1. The summed E-state index contributed by atoms with van der Waals surface area (Å²) in [5, 5.41) is 5.38. The molecule has 0 saturated heterocycles. The third-order valence-corrected chi connectivity index (χ3v) is 4.00. The molecule has 2 nitrogen and oxygen atoms in total. The molecule has 0 aliphatic rings. The van der Waals surface area contributed by atoms with Crippen LogP contribution in [0, 0.1) is 12.7 Å². The largest absolute Gasteiger partial charge is 0.497 e. The number of hydrogen-bond acceptors (Lipinski definition) is 3. The Bertz CT molecular complexity index is 553. The van der Waals surface area contributed by atoms with E-state index in [1.54, 1.807) is 30.6 Å². The molecule has 1 unspecified atom stereocenters. The van der Waals surface area contributed by atoms with Gasteiger partial charge in [-0.05, 0) is 36.5 Å². The number of halogens is 1. The molecule has 2 rings (SSSR count). The topological polar surface area (TPSA) is 21.3 Å². The highest BCUT2D eigenvalue weighted by atomic mass is 32.1. The Balaban J connectivity index is 2.42. The SMILES string of the molecule is CCNC(c1ccc(OC)cc1F)c1ccsc1C. The molecule has 102 valence electrons. The first kappa shape index (κ1) is 14.0. The van der Waals surface area contributed by atoms with Crippen molar-refractivity contribution >= 4 is 11.3 Å². The number of rotatable bonds is 5. The van der Waals surface area contributed by atoms with Gasteiger partial charge in [-0.1, -0.05) is 13.0 Å². The number of methoxy groups -OCH3 is 1. The normalized spacial score (nSPS) is 12.4. The van der Waals surface area contributed by atoms with Crippen LogP contribution in [-0.4, -0.2) is 13.7 Å². The van der Waals surface area contributed by atoms with E-state index in [-0.39, 0.29) is 11.9 Å². The molecule has 0 saturated carbocycles. The Morgan fingerprint density at radius 2 is 2.11 bits per heavy atom. The zero-order valence-electron chi connectivity index (χ0n) is 11.4. The molecule has 1 aromatic heterocycles. The molecule has 0 aliphatic carbocycles. The van der Waals surface area contributed by atoms with Crippen molar-refractivity contribution in [2.75, 3.05) is 13.7 Å². The molecule has 0 radical (unpaired) electrons. The molecule has 2 aromatic rings. The zero-order valence-corrected chi connectivity index (χ0v) is 12.2. The van der Waals surface area contributed by atoms with Crippen LogP contribution in [0.25, 0.3) is 0 Å². The maximum Gasteiger partial charge on any atom is 0.132 e. The van der Waals surface area contributed by atoms with Crippen LogP contribution >= 0.6 is 11.3 Å². The van der Waals surface area contributed by atoms with Crippen molar-refractivity contribution in [3.63, 3.8) is 0 Å². The van der Waals surface area contributed by atoms with Crippen LogP contribution in [0.1, 0.15) is 29.0 Å². The summed E-state index contributed by atoms with van der Waals surface area (Å²) in [5.74, 6) is 0.300. The number of benzene rings is 1. The predicted octanol–water partition coefficient (Wildman–Crippen LogP) is 3.90. The van der Waals surface area contributed by atoms with Crippen molar-refractivity contribution in [1.82, 2.24) is 5.32 Å². The molecule has 19 heavy (non-hydrogen) atoms. The maximum atomic E-state index is 14.2. The Kier molecular flexibility index (Phi) is 4.56. The van der Waals surface area contributed by atoms with Gasteiger partial charge in [-0.25, -0.2) is 4.39 Å². The fraction of sp³-hybridized carbons (Fsp3) is 0.333. The van der Waals surface area contributed by atoms with E-state index in [9.17, 15) is 4.39 Å². The van der Waals surface area contributed by atoms with Crippen molar-refractivity contribution in [3.8, 4) is 5.75 Å². The van der Waals surface area contributed by atoms with Crippen molar-refractivity contribution < 1.29 is 9.13 Å². The highest BCUT2D eigenvalue weighted by molar-refractivity contribution is 7.10. The van der Waals surface area contributed by atoms with E-state index in [1.807, 2.05) is 12.3 Å². The Morgan fingerprint density at radius 3 is 2.63 bits per heavy atom. The van der Waals surface area contributed by atoms with E-state index >= 15 is 0 Å². The van der Waals surface area contributed by atoms with Crippen LogP contribution in [0.2, 0.25) is 0 Å². The third kappa shape index (κ3) is 2.96. The second-order valence-corrected chi connectivity index (χ2v) is 5.43. The predicted molar refractivity (Wildman–Crippen MR) is 77.5 cm³/mol. The van der Waals surface area contributed by atoms with Crippen molar-refractivity contribution in [1.29, 1.82) is 0 Å². The van der Waals surface area contributed by atoms with Gasteiger partial charge in [0.1, 0.15) is 11.6 Å². The number of aryl methyl sites for hydroxylation is 1. The van der Waals surface area contributed by atoms with Crippen molar-refractivity contribution in [2.45, 2.75) is 19.9 Å². The average Bonchev–Trinajstić information content (AvgIpc) is 2.82. The fourth-order valence-electron chi connectivity index (χ4n) is 2.15. The van der Waals surface area contributed by atoms with E-state index < -0.39 is 0 Å². The van der Waals surface area contributed by atoms with Crippen LogP contribution in [0.3, 0.4) is 0 Å². The van der Waals surface area contributed by atoms with E-state index in [1.165, 1.54) is 10.9 Å². The standard InChI is InChI=1S/C15H18FNOS/c1-4-17-15(12-7-8-19-10(12)2)13-6-5-11(18-3)9-14(13)16/h5-9,15,17H,4H2,1-3H3. The van der Waals surface area contributed by atoms with Gasteiger partial charge in [-0.3, -0.25) is 0 Å². The molecule has 1 N–H and O–H groups in total. The summed E-state index contributed by atoms with van der Waals surface area (Å²) in [7, 11) is 1.54. The van der Waals surface area contributed by atoms with E-state index in [4.69, 9.17) is 4.74 Å². The van der Waals surface area contributed by atoms with Gasteiger partial charge in [0.05, 0.1) is 13.2 Å². The summed E-state index contributed by atoms with van der Waals surface area (Å²) in [6.45, 7) is 4.87.